The Bertz CT molecular complexity index is 951. The van der Waals surface area contributed by atoms with Gasteiger partial charge in [-0.1, -0.05) is 61.5 Å². The number of halogens is 1. The molecule has 0 aliphatic heterocycles. The van der Waals surface area contributed by atoms with E-state index in [1.165, 1.54) is 0 Å². The lowest BCUT2D eigenvalue weighted by Gasteiger charge is -2.28. The smallest absolute Gasteiger partial charge is 0.276 e. The lowest BCUT2D eigenvalue weighted by Crippen LogP contribution is -2.40. The Labute approximate surface area is 178 Å². The van der Waals surface area contributed by atoms with Crippen LogP contribution in [-0.2, 0) is 0 Å². The molecule has 0 saturated carbocycles. The predicted molar refractivity (Wildman–Crippen MR) is 119 cm³/mol. The number of rotatable bonds is 6. The third kappa shape index (κ3) is 5.02. The molecule has 3 rings (SSSR count). The number of carbonyl (C=O) groups is 1. The van der Waals surface area contributed by atoms with Gasteiger partial charge in [0, 0.05) is 13.6 Å². The van der Waals surface area contributed by atoms with Crippen LogP contribution in [0.1, 0.15) is 30.0 Å². The minimum absolute atomic E-state index is 0. The van der Waals surface area contributed by atoms with Crippen LogP contribution in [0.4, 0.5) is 0 Å². The van der Waals surface area contributed by atoms with Crippen molar-refractivity contribution in [3.05, 3.63) is 66.0 Å². The van der Waals surface area contributed by atoms with Crippen LogP contribution in [0.5, 0.6) is 0 Å². The normalized spacial score (nSPS) is 11.1. The average molecular weight is 414 g/mol. The zero-order chi connectivity index (χ0) is 20.3. The Hall–Kier alpha value is -2.70. The second kappa shape index (κ2) is 9.20. The van der Waals surface area contributed by atoms with Gasteiger partial charge < -0.3 is 10.6 Å². The molecule has 0 saturated heterocycles. The van der Waals surface area contributed by atoms with Gasteiger partial charge in [-0.25, -0.2) is 4.68 Å². The Kier molecular flexibility index (Phi) is 7.16. The van der Waals surface area contributed by atoms with Gasteiger partial charge in [0.15, 0.2) is 5.69 Å². The summed E-state index contributed by atoms with van der Waals surface area (Å²) in [6.07, 6.45) is 0. The molecule has 1 heterocycles. The molecular weight excluding hydrogens is 386 g/mol. The van der Waals surface area contributed by atoms with E-state index in [1.54, 1.807) is 16.6 Å². The average Bonchev–Trinajstić information content (AvgIpc) is 3.09. The zero-order valence-electron chi connectivity index (χ0n) is 17.3. The van der Waals surface area contributed by atoms with Crippen molar-refractivity contribution in [2.75, 3.05) is 20.1 Å². The first-order valence-electron chi connectivity index (χ1n) is 9.36. The summed E-state index contributed by atoms with van der Waals surface area (Å²) in [5.41, 5.74) is 9.87. The van der Waals surface area contributed by atoms with E-state index in [2.05, 4.69) is 22.4 Å². The largest absolute Gasteiger partial charge is 0.340 e. The highest BCUT2D eigenvalue weighted by molar-refractivity contribution is 5.93. The molecule has 1 amide bonds. The van der Waals surface area contributed by atoms with Crippen molar-refractivity contribution >= 4 is 18.3 Å². The van der Waals surface area contributed by atoms with Crippen molar-refractivity contribution in [2.45, 2.75) is 20.8 Å². The minimum Gasteiger partial charge on any atom is -0.340 e. The van der Waals surface area contributed by atoms with Crippen molar-refractivity contribution in [3.8, 4) is 16.8 Å². The van der Waals surface area contributed by atoms with Gasteiger partial charge in [-0.05, 0) is 42.1 Å². The van der Waals surface area contributed by atoms with Crippen LogP contribution in [0.25, 0.3) is 16.8 Å². The van der Waals surface area contributed by atoms with E-state index in [0.717, 1.165) is 22.5 Å². The lowest BCUT2D eigenvalue weighted by atomic mass is 9.93. The zero-order valence-corrected chi connectivity index (χ0v) is 18.1. The molecule has 2 aromatic carbocycles. The molecule has 0 unspecified atom stereocenters. The number of nitrogens with zero attached hydrogens (tertiary/aromatic N) is 4. The Morgan fingerprint density at radius 3 is 2.24 bits per heavy atom. The highest BCUT2D eigenvalue weighted by Gasteiger charge is 2.25. The predicted octanol–water partition coefficient (Wildman–Crippen LogP) is 3.72. The number of aromatic nitrogens is 3. The SMILES string of the molecule is Cc1c(C(=O)N(C)CC(C)(C)CN)nnn1-c1ccc(-c2ccccc2)cc1.Cl. The lowest BCUT2D eigenvalue weighted by molar-refractivity contribution is 0.0734. The maximum Gasteiger partial charge on any atom is 0.276 e. The van der Waals surface area contributed by atoms with Gasteiger partial charge in [0.2, 0.25) is 0 Å². The van der Waals surface area contributed by atoms with Crippen molar-refractivity contribution in [1.82, 2.24) is 19.9 Å². The van der Waals surface area contributed by atoms with Gasteiger partial charge in [-0.15, -0.1) is 17.5 Å². The molecule has 3 aromatic rings. The molecule has 2 N–H and O–H groups in total. The topological polar surface area (TPSA) is 77.0 Å². The molecule has 6 nitrogen and oxygen atoms in total. The summed E-state index contributed by atoms with van der Waals surface area (Å²) in [7, 11) is 1.77. The standard InChI is InChI=1S/C22H27N5O.ClH/c1-16-20(21(28)26(4)15-22(2,3)14-23)24-25-27(16)19-12-10-18(11-13-19)17-8-6-5-7-9-17;/h5-13H,14-15,23H2,1-4H3;1H. The molecule has 0 radical (unpaired) electrons. The van der Waals surface area contributed by atoms with Crippen LogP contribution >= 0.6 is 12.4 Å². The minimum atomic E-state index is -0.151. The summed E-state index contributed by atoms with van der Waals surface area (Å²) in [5, 5.41) is 8.34. The molecule has 154 valence electrons. The molecule has 0 bridgehead atoms. The van der Waals surface area contributed by atoms with Crippen LogP contribution in [0.3, 0.4) is 0 Å². The maximum atomic E-state index is 12.8. The highest BCUT2D eigenvalue weighted by atomic mass is 35.5. The van der Waals surface area contributed by atoms with E-state index in [9.17, 15) is 4.79 Å². The molecule has 0 spiro atoms. The number of carbonyl (C=O) groups excluding carboxylic acids is 1. The van der Waals surface area contributed by atoms with Crippen LogP contribution in [0, 0.1) is 12.3 Å². The first-order chi connectivity index (χ1) is 13.3. The number of nitrogens with two attached hydrogens (primary N) is 1. The molecular formula is C22H28ClN5O. The van der Waals surface area contributed by atoms with Crippen molar-refractivity contribution < 1.29 is 4.79 Å². The van der Waals surface area contributed by atoms with Crippen LogP contribution in [0.15, 0.2) is 54.6 Å². The first kappa shape index (κ1) is 22.6. The summed E-state index contributed by atoms with van der Waals surface area (Å²) in [6, 6.07) is 18.2. The Morgan fingerprint density at radius 1 is 1.07 bits per heavy atom. The van der Waals surface area contributed by atoms with E-state index in [-0.39, 0.29) is 23.7 Å². The second-order valence-electron chi connectivity index (χ2n) is 7.88. The fraction of sp³-hybridized carbons (Fsp3) is 0.318. The number of amides is 1. The summed E-state index contributed by atoms with van der Waals surface area (Å²) in [5.74, 6) is -0.147. The van der Waals surface area contributed by atoms with E-state index >= 15 is 0 Å². The third-order valence-electron chi connectivity index (χ3n) is 4.88. The van der Waals surface area contributed by atoms with Gasteiger partial charge >= 0.3 is 0 Å². The highest BCUT2D eigenvalue weighted by Crippen LogP contribution is 2.22. The van der Waals surface area contributed by atoms with Gasteiger partial charge in [0.1, 0.15) is 0 Å². The van der Waals surface area contributed by atoms with Gasteiger partial charge in [-0.3, -0.25) is 4.79 Å². The third-order valence-corrected chi connectivity index (χ3v) is 4.88. The number of hydrogen-bond donors (Lipinski definition) is 1. The van der Waals surface area contributed by atoms with Crippen LogP contribution in [-0.4, -0.2) is 45.9 Å². The first-order valence-corrected chi connectivity index (χ1v) is 9.36. The summed E-state index contributed by atoms with van der Waals surface area (Å²) >= 11 is 0. The Balaban J connectivity index is 0.00000300. The molecule has 1 aromatic heterocycles. The summed E-state index contributed by atoms with van der Waals surface area (Å²) in [4.78, 5) is 14.5. The molecule has 7 heteroatoms. The van der Waals surface area contributed by atoms with E-state index in [0.29, 0.717) is 18.8 Å². The van der Waals surface area contributed by atoms with Gasteiger partial charge in [-0.2, -0.15) is 0 Å². The molecule has 29 heavy (non-hydrogen) atoms. The maximum absolute atomic E-state index is 12.8. The second-order valence-corrected chi connectivity index (χ2v) is 7.88. The molecule has 0 aliphatic carbocycles. The van der Waals surface area contributed by atoms with E-state index in [4.69, 9.17) is 5.73 Å². The molecule has 0 atom stereocenters. The van der Waals surface area contributed by atoms with Crippen LogP contribution < -0.4 is 5.73 Å². The summed E-state index contributed by atoms with van der Waals surface area (Å²) in [6.45, 7) is 6.99. The van der Waals surface area contributed by atoms with Gasteiger partial charge in [0.25, 0.3) is 5.91 Å². The fourth-order valence-electron chi connectivity index (χ4n) is 3.16. The van der Waals surface area contributed by atoms with Crippen LogP contribution in [0.2, 0.25) is 0 Å². The number of hydrogen-bond acceptors (Lipinski definition) is 4. The monoisotopic (exact) mass is 413 g/mol. The number of benzene rings is 2. The van der Waals surface area contributed by atoms with Crippen molar-refractivity contribution in [1.29, 1.82) is 0 Å². The van der Waals surface area contributed by atoms with E-state index < -0.39 is 0 Å². The van der Waals surface area contributed by atoms with Crippen molar-refractivity contribution in [3.63, 3.8) is 0 Å². The van der Waals surface area contributed by atoms with E-state index in [1.807, 2.05) is 63.2 Å². The fourth-order valence-corrected chi connectivity index (χ4v) is 3.16. The van der Waals surface area contributed by atoms with Crippen molar-refractivity contribution in [2.24, 2.45) is 11.1 Å². The Morgan fingerprint density at radius 2 is 1.66 bits per heavy atom. The van der Waals surface area contributed by atoms with Gasteiger partial charge in [0.05, 0.1) is 11.4 Å². The summed E-state index contributed by atoms with van der Waals surface area (Å²) < 4.78 is 1.70. The molecule has 0 fully saturated rings. The quantitative estimate of drug-likeness (QED) is 0.668. The molecule has 0 aliphatic rings.